The molecule has 0 atom stereocenters. The maximum atomic E-state index is 12.8. The lowest BCUT2D eigenvalue weighted by atomic mass is 10.0. The standard InChI is InChI=1S/C23H24N2O4/c1-23(2,25-22(27)29-15-16-9-5-4-6-10-16)21(26)24-19-13-14-20(28-3)18-12-8-7-11-17(18)19/h4-14H,15H2,1-3H3,(H,24,26)(H,25,27). The van der Waals surface area contributed by atoms with E-state index in [-0.39, 0.29) is 12.5 Å². The molecule has 0 fully saturated rings. The minimum Gasteiger partial charge on any atom is -0.496 e. The Morgan fingerprint density at radius 2 is 1.55 bits per heavy atom. The summed E-state index contributed by atoms with van der Waals surface area (Å²) in [5, 5.41) is 7.25. The molecule has 29 heavy (non-hydrogen) atoms. The Hall–Kier alpha value is -3.54. The van der Waals surface area contributed by atoms with Gasteiger partial charge < -0.3 is 20.1 Å². The van der Waals surface area contributed by atoms with E-state index in [2.05, 4.69) is 10.6 Å². The Morgan fingerprint density at radius 1 is 0.897 bits per heavy atom. The SMILES string of the molecule is COc1ccc(NC(=O)C(C)(C)NC(=O)OCc2ccccc2)c2ccccc12. The number of methoxy groups -OCH3 is 1. The molecule has 0 heterocycles. The molecule has 2 amide bonds. The van der Waals surface area contributed by atoms with Gasteiger partial charge in [0.25, 0.3) is 0 Å². The van der Waals surface area contributed by atoms with Crippen molar-refractivity contribution in [1.82, 2.24) is 5.32 Å². The van der Waals surface area contributed by atoms with Gasteiger partial charge in [0.15, 0.2) is 0 Å². The van der Waals surface area contributed by atoms with Crippen LogP contribution in [0, 0.1) is 0 Å². The highest BCUT2D eigenvalue weighted by molar-refractivity contribution is 6.07. The molecule has 0 saturated carbocycles. The first-order valence-corrected chi connectivity index (χ1v) is 9.27. The van der Waals surface area contributed by atoms with Crippen LogP contribution in [0.1, 0.15) is 19.4 Å². The first kappa shape index (κ1) is 20.2. The fraction of sp³-hybridized carbons (Fsp3) is 0.217. The molecular formula is C23H24N2O4. The van der Waals surface area contributed by atoms with Crippen LogP contribution >= 0.6 is 0 Å². The number of amides is 2. The van der Waals surface area contributed by atoms with Crippen LogP contribution < -0.4 is 15.4 Å². The third-order valence-electron chi connectivity index (χ3n) is 4.55. The Kier molecular flexibility index (Phi) is 6.02. The van der Waals surface area contributed by atoms with Gasteiger partial charge in [-0.3, -0.25) is 4.79 Å². The van der Waals surface area contributed by atoms with Crippen molar-refractivity contribution >= 4 is 28.5 Å². The van der Waals surface area contributed by atoms with E-state index in [0.717, 1.165) is 22.1 Å². The highest BCUT2D eigenvalue weighted by Gasteiger charge is 2.30. The van der Waals surface area contributed by atoms with Crippen molar-refractivity contribution in [1.29, 1.82) is 0 Å². The molecule has 0 saturated heterocycles. The molecule has 150 valence electrons. The Balaban J connectivity index is 1.68. The third kappa shape index (κ3) is 4.85. The second-order valence-corrected chi connectivity index (χ2v) is 7.13. The number of anilines is 1. The summed E-state index contributed by atoms with van der Waals surface area (Å²) in [4.78, 5) is 25.0. The van der Waals surface area contributed by atoms with E-state index >= 15 is 0 Å². The van der Waals surface area contributed by atoms with E-state index in [1.165, 1.54) is 0 Å². The first-order valence-electron chi connectivity index (χ1n) is 9.27. The van der Waals surface area contributed by atoms with E-state index in [4.69, 9.17) is 9.47 Å². The zero-order valence-corrected chi connectivity index (χ0v) is 16.7. The van der Waals surface area contributed by atoms with Gasteiger partial charge >= 0.3 is 6.09 Å². The number of hydrogen-bond donors (Lipinski definition) is 2. The monoisotopic (exact) mass is 392 g/mol. The predicted molar refractivity (Wildman–Crippen MR) is 113 cm³/mol. The van der Waals surface area contributed by atoms with E-state index in [1.54, 1.807) is 33.1 Å². The average molecular weight is 392 g/mol. The molecule has 3 aromatic carbocycles. The maximum Gasteiger partial charge on any atom is 0.408 e. The van der Waals surface area contributed by atoms with Gasteiger partial charge in [0.2, 0.25) is 5.91 Å². The zero-order chi connectivity index (χ0) is 20.9. The van der Waals surface area contributed by atoms with Crippen molar-refractivity contribution in [2.75, 3.05) is 12.4 Å². The summed E-state index contributed by atoms with van der Waals surface area (Å²) in [5.74, 6) is 0.366. The van der Waals surface area contributed by atoms with E-state index in [0.29, 0.717) is 5.69 Å². The summed E-state index contributed by atoms with van der Waals surface area (Å²) in [6, 6.07) is 20.6. The van der Waals surface area contributed by atoms with Gasteiger partial charge in [-0.15, -0.1) is 0 Å². The summed E-state index contributed by atoms with van der Waals surface area (Å²) < 4.78 is 10.6. The molecule has 0 aliphatic rings. The highest BCUT2D eigenvalue weighted by atomic mass is 16.5. The molecule has 0 unspecified atom stereocenters. The summed E-state index contributed by atoms with van der Waals surface area (Å²) in [5.41, 5.74) is 0.336. The molecule has 0 radical (unpaired) electrons. The van der Waals surface area contributed by atoms with Crippen LogP contribution in [-0.4, -0.2) is 24.6 Å². The number of carbonyl (C=O) groups is 2. The van der Waals surface area contributed by atoms with Crippen LogP contribution in [-0.2, 0) is 16.1 Å². The third-order valence-corrected chi connectivity index (χ3v) is 4.55. The van der Waals surface area contributed by atoms with Crippen LogP contribution in [0.25, 0.3) is 10.8 Å². The maximum absolute atomic E-state index is 12.8. The van der Waals surface area contributed by atoms with Crippen molar-refractivity contribution in [3.63, 3.8) is 0 Å². The number of rotatable bonds is 6. The fourth-order valence-corrected chi connectivity index (χ4v) is 2.91. The summed E-state index contributed by atoms with van der Waals surface area (Å²) >= 11 is 0. The van der Waals surface area contributed by atoms with Gasteiger partial charge in [-0.05, 0) is 31.5 Å². The molecule has 0 aromatic heterocycles. The number of benzene rings is 3. The number of alkyl carbamates (subject to hydrolysis) is 1. The van der Waals surface area contributed by atoms with E-state index in [9.17, 15) is 9.59 Å². The van der Waals surface area contributed by atoms with Gasteiger partial charge in [-0.1, -0.05) is 54.6 Å². The number of carbonyl (C=O) groups excluding carboxylic acids is 2. The van der Waals surface area contributed by atoms with Crippen LogP contribution in [0.15, 0.2) is 66.7 Å². The first-order chi connectivity index (χ1) is 13.9. The minimum absolute atomic E-state index is 0.132. The number of ether oxygens (including phenoxy) is 2. The predicted octanol–water partition coefficient (Wildman–Crippen LogP) is 4.49. The van der Waals surface area contributed by atoms with Gasteiger partial charge in [0, 0.05) is 16.5 Å². The van der Waals surface area contributed by atoms with Crippen molar-refractivity contribution in [2.24, 2.45) is 0 Å². The van der Waals surface area contributed by atoms with Crippen LogP contribution in [0.2, 0.25) is 0 Å². The van der Waals surface area contributed by atoms with Crippen molar-refractivity contribution in [2.45, 2.75) is 26.0 Å². The van der Waals surface area contributed by atoms with Crippen molar-refractivity contribution in [3.8, 4) is 5.75 Å². The molecule has 6 nitrogen and oxygen atoms in total. The van der Waals surface area contributed by atoms with E-state index < -0.39 is 11.6 Å². The Labute approximate surface area is 169 Å². The molecule has 6 heteroatoms. The highest BCUT2D eigenvalue weighted by Crippen LogP contribution is 2.31. The van der Waals surface area contributed by atoms with Gasteiger partial charge in [0.05, 0.1) is 7.11 Å². The molecule has 0 spiro atoms. The summed E-state index contributed by atoms with van der Waals surface area (Å²) in [7, 11) is 1.61. The van der Waals surface area contributed by atoms with Gasteiger partial charge in [-0.25, -0.2) is 4.79 Å². The minimum atomic E-state index is -1.17. The topological polar surface area (TPSA) is 76.7 Å². The second kappa shape index (κ2) is 8.65. The number of nitrogens with one attached hydrogen (secondary N) is 2. The van der Waals surface area contributed by atoms with Crippen molar-refractivity contribution < 1.29 is 19.1 Å². The van der Waals surface area contributed by atoms with Crippen LogP contribution in [0.3, 0.4) is 0 Å². The second-order valence-electron chi connectivity index (χ2n) is 7.13. The number of hydrogen-bond acceptors (Lipinski definition) is 4. The zero-order valence-electron chi connectivity index (χ0n) is 16.7. The lowest BCUT2D eigenvalue weighted by Crippen LogP contribution is -2.52. The van der Waals surface area contributed by atoms with E-state index in [1.807, 2.05) is 54.6 Å². The largest absolute Gasteiger partial charge is 0.496 e. The lowest BCUT2D eigenvalue weighted by molar-refractivity contribution is -0.121. The molecule has 3 aromatic rings. The summed E-state index contributed by atoms with van der Waals surface area (Å²) in [6.07, 6.45) is -0.659. The molecule has 0 aliphatic carbocycles. The van der Waals surface area contributed by atoms with Crippen molar-refractivity contribution in [3.05, 3.63) is 72.3 Å². The smallest absolute Gasteiger partial charge is 0.408 e. The fourth-order valence-electron chi connectivity index (χ4n) is 2.91. The van der Waals surface area contributed by atoms with Gasteiger partial charge in [-0.2, -0.15) is 0 Å². The quantitative estimate of drug-likeness (QED) is 0.648. The molecular weight excluding hydrogens is 368 g/mol. The average Bonchev–Trinajstić information content (AvgIpc) is 2.73. The Bertz CT molecular complexity index is 1020. The van der Waals surface area contributed by atoms with Gasteiger partial charge in [0.1, 0.15) is 17.9 Å². The number of fused-ring (bicyclic) bond motifs is 1. The Morgan fingerprint density at radius 3 is 2.24 bits per heavy atom. The molecule has 2 N–H and O–H groups in total. The molecule has 0 aliphatic heterocycles. The molecule has 3 rings (SSSR count). The van der Waals surface area contributed by atoms with Crippen LogP contribution in [0.4, 0.5) is 10.5 Å². The lowest BCUT2D eigenvalue weighted by Gasteiger charge is -2.25. The normalized spacial score (nSPS) is 11.0. The summed E-state index contributed by atoms with van der Waals surface area (Å²) in [6.45, 7) is 3.38. The molecule has 0 bridgehead atoms. The van der Waals surface area contributed by atoms with Crippen LogP contribution in [0.5, 0.6) is 5.75 Å².